The van der Waals surface area contributed by atoms with Crippen LogP contribution in [0.3, 0.4) is 0 Å². The number of hydrogen-bond donors (Lipinski definition) is 3. The van der Waals surface area contributed by atoms with Gasteiger partial charge in [0.2, 0.25) is 11.9 Å². The lowest BCUT2D eigenvalue weighted by Crippen LogP contribution is -2.39. The SMILES string of the molecule is Cc1cc(C)nc(NC(=NCC(C)C)NC(=S)Nc2cccc(OC(F)(F)F)c2)n1. The summed E-state index contributed by atoms with van der Waals surface area (Å²) in [4.78, 5) is 13.1. The molecule has 0 bridgehead atoms. The van der Waals surface area contributed by atoms with E-state index in [1.807, 2.05) is 33.8 Å². The van der Waals surface area contributed by atoms with E-state index < -0.39 is 6.36 Å². The Kier molecular flexibility index (Phi) is 7.93. The maximum atomic E-state index is 12.4. The molecule has 0 aliphatic carbocycles. The fourth-order valence-electron chi connectivity index (χ4n) is 2.31. The Morgan fingerprint density at radius 3 is 2.40 bits per heavy atom. The lowest BCUT2D eigenvalue weighted by molar-refractivity contribution is -0.274. The van der Waals surface area contributed by atoms with Gasteiger partial charge in [0.05, 0.1) is 0 Å². The van der Waals surface area contributed by atoms with Gasteiger partial charge in [0.1, 0.15) is 5.75 Å². The molecule has 1 heterocycles. The van der Waals surface area contributed by atoms with E-state index in [0.29, 0.717) is 30.1 Å². The molecule has 0 fully saturated rings. The normalized spacial score (nSPS) is 11.9. The van der Waals surface area contributed by atoms with Gasteiger partial charge in [-0.2, -0.15) is 0 Å². The van der Waals surface area contributed by atoms with E-state index in [4.69, 9.17) is 12.2 Å². The highest BCUT2D eigenvalue weighted by molar-refractivity contribution is 7.80. The second kappa shape index (κ2) is 10.2. The average molecular weight is 440 g/mol. The summed E-state index contributed by atoms with van der Waals surface area (Å²) in [5, 5.41) is 8.81. The van der Waals surface area contributed by atoms with Crippen LogP contribution in [0.1, 0.15) is 25.2 Å². The van der Waals surface area contributed by atoms with Crippen LogP contribution in [0.4, 0.5) is 24.8 Å². The summed E-state index contributed by atoms with van der Waals surface area (Å²) in [6.45, 7) is 8.23. The first-order valence-corrected chi connectivity index (χ1v) is 9.48. The summed E-state index contributed by atoms with van der Waals surface area (Å²) >= 11 is 5.27. The molecule has 2 aromatic rings. The van der Waals surface area contributed by atoms with Crippen LogP contribution in [0.5, 0.6) is 5.75 Å². The zero-order valence-electron chi connectivity index (χ0n) is 17.0. The van der Waals surface area contributed by atoms with Crippen molar-refractivity contribution in [3.05, 3.63) is 41.7 Å². The first-order chi connectivity index (χ1) is 14.0. The lowest BCUT2D eigenvalue weighted by Gasteiger charge is -2.15. The molecule has 30 heavy (non-hydrogen) atoms. The number of nitrogens with one attached hydrogen (secondary N) is 3. The highest BCUT2D eigenvalue weighted by atomic mass is 32.1. The Labute approximate surface area is 178 Å². The Morgan fingerprint density at radius 1 is 1.13 bits per heavy atom. The van der Waals surface area contributed by atoms with Crippen LogP contribution < -0.4 is 20.7 Å². The van der Waals surface area contributed by atoms with Gasteiger partial charge in [-0.3, -0.25) is 10.3 Å². The third-order valence-electron chi connectivity index (χ3n) is 3.38. The van der Waals surface area contributed by atoms with Gasteiger partial charge in [-0.15, -0.1) is 13.2 Å². The van der Waals surface area contributed by atoms with Crippen molar-refractivity contribution < 1.29 is 17.9 Å². The predicted molar refractivity (Wildman–Crippen MR) is 115 cm³/mol. The quantitative estimate of drug-likeness (QED) is 0.361. The van der Waals surface area contributed by atoms with E-state index in [1.165, 1.54) is 18.2 Å². The number of ether oxygens (including phenoxy) is 1. The first kappa shape index (κ1) is 23.3. The number of thiocarbonyl (C=S) groups is 1. The Balaban J connectivity index is 2.10. The topological polar surface area (TPSA) is 83.5 Å². The van der Waals surface area contributed by atoms with Gasteiger partial charge < -0.3 is 15.4 Å². The number of aryl methyl sites for hydroxylation is 2. The third kappa shape index (κ3) is 8.60. The van der Waals surface area contributed by atoms with Crippen molar-refractivity contribution >= 4 is 34.9 Å². The second-order valence-corrected chi connectivity index (χ2v) is 7.25. The Morgan fingerprint density at radius 2 is 1.80 bits per heavy atom. The van der Waals surface area contributed by atoms with E-state index in [2.05, 4.69) is 35.6 Å². The molecule has 3 N–H and O–H groups in total. The average Bonchev–Trinajstić information content (AvgIpc) is 2.57. The van der Waals surface area contributed by atoms with Crippen molar-refractivity contribution in [2.45, 2.75) is 34.1 Å². The summed E-state index contributed by atoms with van der Waals surface area (Å²) < 4.78 is 41.1. The standard InChI is InChI=1S/C19H23F3N6OS/c1-11(2)10-23-16(27-17-24-12(3)8-13(4)25-17)28-18(30)26-14-6-5-7-15(9-14)29-19(20,21)22/h5-9,11H,10H2,1-4H3,(H3,23,24,25,26,27,28,30). The number of rotatable bonds is 5. The van der Waals surface area contributed by atoms with Crippen molar-refractivity contribution in [2.24, 2.45) is 10.9 Å². The number of anilines is 2. The molecule has 0 aliphatic heterocycles. The molecule has 0 aliphatic rings. The summed E-state index contributed by atoms with van der Waals surface area (Å²) in [6, 6.07) is 7.20. The number of halogens is 3. The van der Waals surface area contributed by atoms with Gasteiger partial charge in [0.25, 0.3) is 0 Å². The third-order valence-corrected chi connectivity index (χ3v) is 3.59. The summed E-state index contributed by atoms with van der Waals surface area (Å²) in [5.41, 5.74) is 1.89. The van der Waals surface area contributed by atoms with E-state index in [1.54, 1.807) is 6.07 Å². The molecule has 0 unspecified atom stereocenters. The molecule has 2 rings (SSSR count). The van der Waals surface area contributed by atoms with Gasteiger partial charge in [0, 0.05) is 29.7 Å². The molecular weight excluding hydrogens is 417 g/mol. The maximum Gasteiger partial charge on any atom is 0.573 e. The van der Waals surface area contributed by atoms with Crippen LogP contribution >= 0.6 is 12.2 Å². The number of hydrogen-bond acceptors (Lipinski definition) is 5. The van der Waals surface area contributed by atoms with E-state index in [9.17, 15) is 13.2 Å². The van der Waals surface area contributed by atoms with E-state index in [0.717, 1.165) is 11.4 Å². The fourth-order valence-corrected chi connectivity index (χ4v) is 2.53. The smallest absolute Gasteiger partial charge is 0.406 e. The minimum Gasteiger partial charge on any atom is -0.406 e. The van der Waals surface area contributed by atoms with Crippen LogP contribution in [-0.2, 0) is 0 Å². The molecule has 0 amide bonds. The minimum atomic E-state index is -4.77. The molecule has 0 radical (unpaired) electrons. The monoisotopic (exact) mass is 440 g/mol. The molecule has 0 atom stereocenters. The van der Waals surface area contributed by atoms with Gasteiger partial charge in [0.15, 0.2) is 5.11 Å². The minimum absolute atomic E-state index is 0.124. The van der Waals surface area contributed by atoms with Crippen molar-refractivity contribution in [3.63, 3.8) is 0 Å². The van der Waals surface area contributed by atoms with Crippen LogP contribution in [0.2, 0.25) is 0 Å². The lowest BCUT2D eigenvalue weighted by atomic mass is 10.2. The zero-order chi connectivity index (χ0) is 22.3. The van der Waals surface area contributed by atoms with Crippen LogP contribution in [0.25, 0.3) is 0 Å². The Bertz CT molecular complexity index is 897. The van der Waals surface area contributed by atoms with Crippen LogP contribution in [-0.4, -0.2) is 33.9 Å². The molecule has 11 heteroatoms. The summed E-state index contributed by atoms with van der Waals surface area (Å²) in [7, 11) is 0. The van der Waals surface area contributed by atoms with Crippen LogP contribution in [0.15, 0.2) is 35.3 Å². The number of aliphatic imine (C=N–C) groups is 1. The molecule has 0 saturated carbocycles. The molecule has 0 spiro atoms. The van der Waals surface area contributed by atoms with Gasteiger partial charge in [-0.1, -0.05) is 19.9 Å². The van der Waals surface area contributed by atoms with Gasteiger partial charge in [-0.25, -0.2) is 9.97 Å². The van der Waals surface area contributed by atoms with Crippen molar-refractivity contribution in [1.82, 2.24) is 15.3 Å². The van der Waals surface area contributed by atoms with E-state index in [-0.39, 0.29) is 10.9 Å². The molecule has 1 aromatic heterocycles. The second-order valence-electron chi connectivity index (χ2n) is 6.84. The number of nitrogens with zero attached hydrogens (tertiary/aromatic N) is 3. The summed E-state index contributed by atoms with van der Waals surface area (Å²) in [5.74, 6) is 0.604. The predicted octanol–water partition coefficient (Wildman–Crippen LogP) is 4.40. The van der Waals surface area contributed by atoms with Crippen molar-refractivity contribution in [1.29, 1.82) is 0 Å². The van der Waals surface area contributed by atoms with E-state index >= 15 is 0 Å². The number of alkyl halides is 3. The maximum absolute atomic E-state index is 12.4. The van der Waals surface area contributed by atoms with Gasteiger partial charge in [-0.05, 0) is 50.2 Å². The number of benzene rings is 1. The highest BCUT2D eigenvalue weighted by Crippen LogP contribution is 2.25. The first-order valence-electron chi connectivity index (χ1n) is 9.08. The zero-order valence-corrected chi connectivity index (χ0v) is 17.8. The van der Waals surface area contributed by atoms with Crippen molar-refractivity contribution in [2.75, 3.05) is 17.2 Å². The molecule has 1 aromatic carbocycles. The molecular formula is C19H23F3N6OS. The van der Waals surface area contributed by atoms with Crippen LogP contribution in [0, 0.1) is 19.8 Å². The van der Waals surface area contributed by atoms with Crippen molar-refractivity contribution in [3.8, 4) is 5.75 Å². The fraction of sp³-hybridized carbons (Fsp3) is 0.368. The number of guanidine groups is 1. The Hall–Kier alpha value is -2.95. The highest BCUT2D eigenvalue weighted by Gasteiger charge is 2.31. The molecule has 7 nitrogen and oxygen atoms in total. The number of aromatic nitrogens is 2. The summed E-state index contributed by atoms with van der Waals surface area (Å²) in [6.07, 6.45) is -4.77. The molecule has 0 saturated heterocycles. The molecule has 162 valence electrons. The van der Waals surface area contributed by atoms with Gasteiger partial charge >= 0.3 is 6.36 Å². The largest absolute Gasteiger partial charge is 0.573 e.